The number of aromatic hydroxyl groups is 1. The topological polar surface area (TPSA) is 109 Å². The Kier molecular flexibility index (Phi) is 4.07. The largest absolute Gasteiger partial charge is 0.508 e. The molecule has 2 aromatic carbocycles. The van der Waals surface area contributed by atoms with Crippen LogP contribution in [-0.2, 0) is 11.2 Å². The summed E-state index contributed by atoms with van der Waals surface area (Å²) in [4.78, 5) is 35.2. The van der Waals surface area contributed by atoms with Crippen molar-refractivity contribution >= 4 is 23.3 Å². The summed E-state index contributed by atoms with van der Waals surface area (Å²) in [5.41, 5.74) is 8.80. The van der Waals surface area contributed by atoms with Crippen molar-refractivity contribution < 1.29 is 14.7 Å². The summed E-state index contributed by atoms with van der Waals surface area (Å²) in [5, 5.41) is 10.0. The zero-order valence-electron chi connectivity index (χ0n) is 15.4. The Labute approximate surface area is 161 Å². The van der Waals surface area contributed by atoms with E-state index < -0.39 is 5.91 Å². The Hall–Kier alpha value is -3.74. The molecular weight excluding hydrogens is 356 g/mol. The fourth-order valence-corrected chi connectivity index (χ4v) is 3.31. The molecule has 3 N–H and O–H groups in total. The smallest absolute Gasteiger partial charge is 0.267 e. The van der Waals surface area contributed by atoms with Gasteiger partial charge >= 0.3 is 0 Å². The molecule has 0 unspecified atom stereocenters. The van der Waals surface area contributed by atoms with Gasteiger partial charge in [0.1, 0.15) is 17.3 Å². The molecule has 140 valence electrons. The molecule has 0 fully saturated rings. The average molecular weight is 374 g/mol. The van der Waals surface area contributed by atoms with Crippen LogP contribution in [0.2, 0.25) is 0 Å². The van der Waals surface area contributed by atoms with Gasteiger partial charge in [-0.2, -0.15) is 0 Å². The maximum atomic E-state index is 12.8. The lowest BCUT2D eigenvalue weighted by atomic mass is 10.1. The number of primary amides is 1. The molecule has 1 aliphatic heterocycles. The van der Waals surface area contributed by atoms with Crippen LogP contribution in [0.3, 0.4) is 0 Å². The normalized spacial score (nSPS) is 12.9. The molecule has 0 bridgehead atoms. The van der Waals surface area contributed by atoms with Crippen molar-refractivity contribution in [3.8, 4) is 17.1 Å². The van der Waals surface area contributed by atoms with Crippen LogP contribution in [0.5, 0.6) is 5.75 Å². The third-order valence-electron chi connectivity index (χ3n) is 4.83. The predicted octanol–water partition coefficient (Wildman–Crippen LogP) is 2.79. The summed E-state index contributed by atoms with van der Waals surface area (Å²) in [6.07, 6.45) is 0.00136. The van der Waals surface area contributed by atoms with Crippen LogP contribution >= 0.6 is 0 Å². The van der Waals surface area contributed by atoms with E-state index in [-0.39, 0.29) is 29.6 Å². The number of rotatable bonds is 3. The van der Waals surface area contributed by atoms with Crippen LogP contribution in [-0.4, -0.2) is 26.9 Å². The van der Waals surface area contributed by atoms with Crippen molar-refractivity contribution in [2.24, 2.45) is 5.73 Å². The van der Waals surface area contributed by atoms with Gasteiger partial charge in [-0.3, -0.25) is 14.5 Å². The number of phenols is 1. The second-order valence-electron chi connectivity index (χ2n) is 6.76. The van der Waals surface area contributed by atoms with E-state index in [9.17, 15) is 14.7 Å². The lowest BCUT2D eigenvalue weighted by molar-refractivity contribution is -0.116. The van der Waals surface area contributed by atoms with E-state index in [0.29, 0.717) is 28.2 Å². The number of aryl methyl sites for hydroxylation is 2. The maximum Gasteiger partial charge on any atom is 0.267 e. The summed E-state index contributed by atoms with van der Waals surface area (Å²) in [7, 11) is 0. The highest BCUT2D eigenvalue weighted by Gasteiger charge is 2.35. The molecule has 1 aromatic heterocycles. The number of hydrogen-bond acceptors (Lipinski definition) is 5. The van der Waals surface area contributed by atoms with Gasteiger partial charge in [0.15, 0.2) is 5.82 Å². The third kappa shape index (κ3) is 2.77. The predicted molar refractivity (Wildman–Crippen MR) is 104 cm³/mol. The molecule has 0 saturated carbocycles. The minimum absolute atomic E-state index is 0.00136. The van der Waals surface area contributed by atoms with Gasteiger partial charge in [-0.1, -0.05) is 30.3 Å². The van der Waals surface area contributed by atoms with Crippen molar-refractivity contribution in [1.29, 1.82) is 0 Å². The molecule has 0 aliphatic carbocycles. The first-order valence-electron chi connectivity index (χ1n) is 8.76. The van der Waals surface area contributed by atoms with Gasteiger partial charge in [-0.05, 0) is 37.1 Å². The minimum Gasteiger partial charge on any atom is -0.508 e. The number of nitrogens with two attached hydrogens (primary N) is 1. The fourth-order valence-electron chi connectivity index (χ4n) is 3.31. The lowest BCUT2D eigenvalue weighted by Crippen LogP contribution is -2.22. The number of hydrogen-bond donors (Lipinski definition) is 2. The van der Waals surface area contributed by atoms with Crippen molar-refractivity contribution in [3.05, 3.63) is 64.8 Å². The van der Waals surface area contributed by atoms with Crippen molar-refractivity contribution in [2.75, 3.05) is 4.90 Å². The van der Waals surface area contributed by atoms with Gasteiger partial charge in [0.25, 0.3) is 5.91 Å². The number of aromatic nitrogens is 2. The van der Waals surface area contributed by atoms with E-state index in [4.69, 9.17) is 5.73 Å². The number of carbonyl (C=O) groups is 2. The maximum absolute atomic E-state index is 12.8. The van der Waals surface area contributed by atoms with Crippen LogP contribution in [0.4, 0.5) is 11.5 Å². The van der Waals surface area contributed by atoms with E-state index in [0.717, 1.165) is 5.56 Å². The molecule has 0 atom stereocenters. The molecule has 2 amide bonds. The molecule has 7 heteroatoms. The minimum atomic E-state index is -0.726. The second-order valence-corrected chi connectivity index (χ2v) is 6.76. The SMILES string of the molecule is Cc1ccc(-c2nc(C(N)=O)c3c(n2)N(c2ccccc2C)C(=O)C3)cc1O. The molecule has 7 nitrogen and oxygen atoms in total. The van der Waals surface area contributed by atoms with Crippen LogP contribution < -0.4 is 10.6 Å². The zero-order chi connectivity index (χ0) is 20.0. The number of para-hydroxylation sites is 1. The van der Waals surface area contributed by atoms with E-state index in [1.807, 2.05) is 31.2 Å². The standard InChI is InChI=1S/C21H18N4O3/c1-11-5-3-4-6-15(11)25-17(27)10-14-18(19(22)28)23-20(24-21(14)25)13-8-7-12(2)16(26)9-13/h3-9,26H,10H2,1-2H3,(H2,22,28). The number of nitrogens with zero attached hydrogens (tertiary/aromatic N) is 3. The molecular formula is C21H18N4O3. The average Bonchev–Trinajstić information content (AvgIpc) is 2.99. The van der Waals surface area contributed by atoms with E-state index >= 15 is 0 Å². The van der Waals surface area contributed by atoms with Crippen molar-refractivity contribution in [1.82, 2.24) is 9.97 Å². The van der Waals surface area contributed by atoms with Crippen molar-refractivity contribution in [2.45, 2.75) is 20.3 Å². The summed E-state index contributed by atoms with van der Waals surface area (Å²) in [6, 6.07) is 12.4. The van der Waals surface area contributed by atoms with Gasteiger partial charge < -0.3 is 10.8 Å². The molecule has 2 heterocycles. The number of benzene rings is 2. The van der Waals surface area contributed by atoms with Crippen LogP contribution in [0.15, 0.2) is 42.5 Å². The first-order chi connectivity index (χ1) is 13.4. The monoisotopic (exact) mass is 374 g/mol. The number of carbonyl (C=O) groups excluding carboxylic acids is 2. The Morgan fingerprint density at radius 2 is 1.86 bits per heavy atom. The third-order valence-corrected chi connectivity index (χ3v) is 4.83. The van der Waals surface area contributed by atoms with Gasteiger partial charge in [-0.25, -0.2) is 9.97 Å². The first kappa shape index (κ1) is 17.7. The fraction of sp³-hybridized carbons (Fsp3) is 0.143. The molecule has 1 aliphatic rings. The summed E-state index contributed by atoms with van der Waals surface area (Å²) < 4.78 is 0. The number of amides is 2. The summed E-state index contributed by atoms with van der Waals surface area (Å²) in [5.74, 6) is -0.274. The first-order valence-corrected chi connectivity index (χ1v) is 8.76. The Bertz CT molecular complexity index is 1140. The molecule has 4 rings (SSSR count). The second kappa shape index (κ2) is 6.45. The highest BCUT2D eigenvalue weighted by molar-refractivity contribution is 6.09. The van der Waals surface area contributed by atoms with Crippen molar-refractivity contribution in [3.63, 3.8) is 0 Å². The van der Waals surface area contributed by atoms with E-state index in [2.05, 4.69) is 9.97 Å². The molecule has 28 heavy (non-hydrogen) atoms. The van der Waals surface area contributed by atoms with Gasteiger partial charge in [0.2, 0.25) is 5.91 Å². The summed E-state index contributed by atoms with van der Waals surface area (Å²) in [6.45, 7) is 3.67. The van der Waals surface area contributed by atoms with Crippen LogP contribution in [0.25, 0.3) is 11.4 Å². The molecule has 0 saturated heterocycles. The van der Waals surface area contributed by atoms with E-state index in [1.54, 1.807) is 19.1 Å². The summed E-state index contributed by atoms with van der Waals surface area (Å²) >= 11 is 0. The highest BCUT2D eigenvalue weighted by atomic mass is 16.3. The van der Waals surface area contributed by atoms with Gasteiger partial charge in [-0.15, -0.1) is 0 Å². The van der Waals surface area contributed by atoms with Crippen LogP contribution in [0, 0.1) is 13.8 Å². The Morgan fingerprint density at radius 3 is 2.54 bits per heavy atom. The zero-order valence-corrected chi connectivity index (χ0v) is 15.4. The molecule has 0 spiro atoms. The lowest BCUT2D eigenvalue weighted by Gasteiger charge is -2.19. The number of phenolic OH excluding ortho intramolecular Hbond substituents is 1. The van der Waals surface area contributed by atoms with Gasteiger partial charge in [0.05, 0.1) is 12.1 Å². The van der Waals surface area contributed by atoms with E-state index in [1.165, 1.54) is 11.0 Å². The number of anilines is 2. The highest BCUT2D eigenvalue weighted by Crippen LogP contribution is 2.38. The quantitative estimate of drug-likeness (QED) is 0.733. The van der Waals surface area contributed by atoms with Crippen LogP contribution in [0.1, 0.15) is 27.2 Å². The Morgan fingerprint density at radius 1 is 1.11 bits per heavy atom. The van der Waals surface area contributed by atoms with Gasteiger partial charge in [0, 0.05) is 11.1 Å². The molecule has 0 radical (unpaired) electrons. The number of fused-ring (bicyclic) bond motifs is 1. The Balaban J connectivity index is 1.95. The molecule has 3 aromatic rings.